The first kappa shape index (κ1) is 16.1. The highest BCUT2D eigenvalue weighted by Crippen LogP contribution is 2.30. The molecule has 1 saturated carbocycles. The number of halogens is 2. The molecule has 23 heavy (non-hydrogen) atoms. The summed E-state index contributed by atoms with van der Waals surface area (Å²) in [4.78, 5) is 18.7. The van der Waals surface area contributed by atoms with Crippen LogP contribution in [0.3, 0.4) is 0 Å². The molecule has 1 aromatic heterocycles. The molecule has 0 spiro atoms. The number of hydrogen-bond donors (Lipinski definition) is 1. The van der Waals surface area contributed by atoms with E-state index in [-0.39, 0.29) is 12.3 Å². The first-order valence-corrected chi connectivity index (χ1v) is 8.22. The van der Waals surface area contributed by atoms with Crippen LogP contribution in [0.1, 0.15) is 24.1 Å². The minimum Gasteiger partial charge on any atom is -0.397 e. The molecule has 1 aromatic carbocycles. The van der Waals surface area contributed by atoms with E-state index < -0.39 is 0 Å². The molecule has 1 fully saturated rings. The van der Waals surface area contributed by atoms with Crippen molar-refractivity contribution in [2.45, 2.75) is 31.8 Å². The van der Waals surface area contributed by atoms with Crippen LogP contribution in [0.25, 0.3) is 0 Å². The van der Waals surface area contributed by atoms with Crippen molar-refractivity contribution in [2.24, 2.45) is 0 Å². The van der Waals surface area contributed by atoms with Crippen molar-refractivity contribution in [3.8, 4) is 0 Å². The van der Waals surface area contributed by atoms with Gasteiger partial charge < -0.3 is 10.6 Å². The fraction of sp³-hybridized carbons (Fsp3) is 0.294. The lowest BCUT2D eigenvalue weighted by molar-refractivity contribution is -0.131. The summed E-state index contributed by atoms with van der Waals surface area (Å²) < 4.78 is 0. The molecule has 3 rings (SSSR count). The molecular weight excluding hydrogens is 333 g/mol. The lowest BCUT2D eigenvalue weighted by Gasteiger charge is -2.22. The zero-order valence-electron chi connectivity index (χ0n) is 12.5. The van der Waals surface area contributed by atoms with Gasteiger partial charge in [0, 0.05) is 18.3 Å². The van der Waals surface area contributed by atoms with E-state index in [1.165, 1.54) is 0 Å². The molecule has 0 radical (unpaired) electrons. The number of hydrogen-bond acceptors (Lipinski definition) is 3. The van der Waals surface area contributed by atoms with Crippen LogP contribution in [0.5, 0.6) is 0 Å². The average Bonchev–Trinajstić information content (AvgIpc) is 3.35. The van der Waals surface area contributed by atoms with Gasteiger partial charge in [-0.1, -0.05) is 29.3 Å². The maximum absolute atomic E-state index is 12.6. The molecule has 2 aromatic rings. The number of benzene rings is 1. The number of rotatable bonds is 5. The molecule has 1 aliphatic carbocycles. The van der Waals surface area contributed by atoms with Gasteiger partial charge in [0.15, 0.2) is 0 Å². The van der Waals surface area contributed by atoms with E-state index in [1.54, 1.807) is 24.4 Å². The van der Waals surface area contributed by atoms with Gasteiger partial charge in [0.2, 0.25) is 5.91 Å². The van der Waals surface area contributed by atoms with E-state index in [0.717, 1.165) is 24.1 Å². The number of anilines is 1. The monoisotopic (exact) mass is 349 g/mol. The summed E-state index contributed by atoms with van der Waals surface area (Å²) in [5.41, 5.74) is 7.92. The highest BCUT2D eigenvalue weighted by molar-refractivity contribution is 6.42. The molecule has 1 heterocycles. The number of nitrogens with zero attached hydrogens (tertiary/aromatic N) is 2. The van der Waals surface area contributed by atoms with Gasteiger partial charge >= 0.3 is 0 Å². The van der Waals surface area contributed by atoms with Crippen molar-refractivity contribution in [1.29, 1.82) is 0 Å². The number of aromatic nitrogens is 1. The minimum atomic E-state index is 0.0656. The molecule has 0 unspecified atom stereocenters. The summed E-state index contributed by atoms with van der Waals surface area (Å²) in [6.45, 7) is 0.537. The van der Waals surface area contributed by atoms with Gasteiger partial charge in [-0.3, -0.25) is 9.78 Å². The van der Waals surface area contributed by atoms with Gasteiger partial charge in [0.1, 0.15) is 0 Å². The third-order valence-electron chi connectivity index (χ3n) is 3.82. The third-order valence-corrected chi connectivity index (χ3v) is 4.56. The SMILES string of the molecule is Nc1ccc(CC(=O)N(Cc2ccc(Cl)c(Cl)c2)C2CC2)nc1. The standard InChI is InChI=1S/C17H17Cl2N3O/c18-15-6-1-11(7-16(15)19)10-22(14-4-5-14)17(23)8-13-3-2-12(20)9-21-13/h1-3,6-7,9,14H,4-5,8,10,20H2. The first-order chi connectivity index (χ1) is 11.0. The Kier molecular flexibility index (Phi) is 4.74. The predicted octanol–water partition coefficient (Wildman–Crippen LogP) is 3.70. The molecular formula is C17H17Cl2N3O. The molecule has 1 aliphatic rings. The summed E-state index contributed by atoms with van der Waals surface area (Å²) in [5.74, 6) is 0.0656. The highest BCUT2D eigenvalue weighted by atomic mass is 35.5. The van der Waals surface area contributed by atoms with Crippen molar-refractivity contribution >= 4 is 34.8 Å². The smallest absolute Gasteiger partial charge is 0.229 e. The molecule has 4 nitrogen and oxygen atoms in total. The first-order valence-electron chi connectivity index (χ1n) is 7.47. The van der Waals surface area contributed by atoms with E-state index in [9.17, 15) is 4.79 Å². The van der Waals surface area contributed by atoms with Crippen molar-refractivity contribution in [3.05, 3.63) is 57.8 Å². The summed E-state index contributed by atoms with van der Waals surface area (Å²) in [5, 5.41) is 1.03. The van der Waals surface area contributed by atoms with Crippen molar-refractivity contribution in [3.63, 3.8) is 0 Å². The average molecular weight is 350 g/mol. The molecule has 2 N–H and O–H groups in total. The number of carbonyl (C=O) groups is 1. The summed E-state index contributed by atoms with van der Waals surface area (Å²) in [6, 6.07) is 9.33. The molecule has 0 bridgehead atoms. The zero-order valence-corrected chi connectivity index (χ0v) is 14.0. The molecule has 0 atom stereocenters. The Hall–Kier alpha value is -1.78. The van der Waals surface area contributed by atoms with Crippen LogP contribution >= 0.6 is 23.2 Å². The van der Waals surface area contributed by atoms with E-state index in [4.69, 9.17) is 28.9 Å². The Labute approximate surface area is 145 Å². The fourth-order valence-corrected chi connectivity index (χ4v) is 2.76. The van der Waals surface area contributed by atoms with E-state index >= 15 is 0 Å². The number of nitrogens with two attached hydrogens (primary N) is 1. The van der Waals surface area contributed by atoms with Crippen LogP contribution < -0.4 is 5.73 Å². The number of pyridine rings is 1. The lowest BCUT2D eigenvalue weighted by atomic mass is 10.2. The van der Waals surface area contributed by atoms with Crippen molar-refractivity contribution in [2.75, 3.05) is 5.73 Å². The van der Waals surface area contributed by atoms with Crippen LogP contribution in [0.2, 0.25) is 10.0 Å². The second-order valence-electron chi connectivity index (χ2n) is 5.76. The highest BCUT2D eigenvalue weighted by Gasteiger charge is 2.32. The normalized spacial score (nSPS) is 13.8. The molecule has 120 valence electrons. The van der Waals surface area contributed by atoms with Crippen LogP contribution in [-0.4, -0.2) is 21.8 Å². The largest absolute Gasteiger partial charge is 0.397 e. The van der Waals surface area contributed by atoms with Gasteiger partial charge in [-0.15, -0.1) is 0 Å². The summed E-state index contributed by atoms with van der Waals surface area (Å²) in [7, 11) is 0. The number of nitrogen functional groups attached to an aromatic ring is 1. The Bertz CT molecular complexity index is 714. The summed E-state index contributed by atoms with van der Waals surface area (Å²) in [6.07, 6.45) is 3.94. The van der Waals surface area contributed by atoms with Gasteiger partial charge in [-0.25, -0.2) is 0 Å². The van der Waals surface area contributed by atoms with E-state index in [0.29, 0.717) is 28.3 Å². The van der Waals surface area contributed by atoms with Crippen LogP contribution in [0, 0.1) is 0 Å². The summed E-state index contributed by atoms with van der Waals surface area (Å²) >= 11 is 12.0. The second-order valence-corrected chi connectivity index (χ2v) is 6.58. The van der Waals surface area contributed by atoms with E-state index in [2.05, 4.69) is 4.98 Å². The molecule has 0 saturated heterocycles. The van der Waals surface area contributed by atoms with Gasteiger partial charge in [-0.05, 0) is 42.7 Å². The van der Waals surface area contributed by atoms with E-state index in [1.807, 2.05) is 17.0 Å². The van der Waals surface area contributed by atoms with Crippen LogP contribution in [0.4, 0.5) is 5.69 Å². The van der Waals surface area contributed by atoms with Gasteiger partial charge in [-0.2, -0.15) is 0 Å². The molecule has 6 heteroatoms. The molecule has 1 amide bonds. The third kappa shape index (κ3) is 4.15. The van der Waals surface area contributed by atoms with Gasteiger partial charge in [0.25, 0.3) is 0 Å². The van der Waals surface area contributed by atoms with Crippen molar-refractivity contribution in [1.82, 2.24) is 9.88 Å². The number of carbonyl (C=O) groups excluding carboxylic acids is 1. The minimum absolute atomic E-state index is 0.0656. The lowest BCUT2D eigenvalue weighted by Crippen LogP contribution is -2.34. The van der Waals surface area contributed by atoms with Crippen LogP contribution in [0.15, 0.2) is 36.5 Å². The van der Waals surface area contributed by atoms with Crippen LogP contribution in [-0.2, 0) is 17.8 Å². The fourth-order valence-electron chi connectivity index (χ4n) is 2.44. The quantitative estimate of drug-likeness (QED) is 0.894. The Morgan fingerprint density at radius 1 is 1.22 bits per heavy atom. The Balaban J connectivity index is 1.71. The maximum Gasteiger partial charge on any atom is 0.229 e. The number of amides is 1. The van der Waals surface area contributed by atoms with Crippen molar-refractivity contribution < 1.29 is 4.79 Å². The zero-order chi connectivity index (χ0) is 16.4. The Morgan fingerprint density at radius 2 is 2.00 bits per heavy atom. The Morgan fingerprint density at radius 3 is 2.61 bits per heavy atom. The molecule has 0 aliphatic heterocycles. The maximum atomic E-state index is 12.6. The topological polar surface area (TPSA) is 59.2 Å². The predicted molar refractivity (Wildman–Crippen MR) is 92.4 cm³/mol. The second kappa shape index (κ2) is 6.77. The van der Waals surface area contributed by atoms with Gasteiger partial charge in [0.05, 0.1) is 28.4 Å².